The molecule has 104 valence electrons. The van der Waals surface area contributed by atoms with Gasteiger partial charge >= 0.3 is 0 Å². The summed E-state index contributed by atoms with van der Waals surface area (Å²) in [5, 5.41) is 0. The minimum Gasteiger partial charge on any atom is -0.289 e. The van der Waals surface area contributed by atoms with Crippen LogP contribution in [0, 0.1) is 41.5 Å². The molecule has 1 heteroatoms. The van der Waals surface area contributed by atoms with Crippen LogP contribution in [0.15, 0.2) is 24.3 Å². The van der Waals surface area contributed by atoms with Crippen molar-refractivity contribution in [3.05, 3.63) is 68.8 Å². The lowest BCUT2D eigenvalue weighted by Crippen LogP contribution is -2.11. The van der Waals surface area contributed by atoms with Crippen LogP contribution < -0.4 is 0 Å². The van der Waals surface area contributed by atoms with Gasteiger partial charge in [-0.2, -0.15) is 0 Å². The van der Waals surface area contributed by atoms with Gasteiger partial charge in [-0.15, -0.1) is 0 Å². The van der Waals surface area contributed by atoms with Crippen molar-refractivity contribution < 1.29 is 4.79 Å². The quantitative estimate of drug-likeness (QED) is 0.716. The molecule has 0 fully saturated rings. The zero-order valence-corrected chi connectivity index (χ0v) is 13.2. The van der Waals surface area contributed by atoms with Crippen molar-refractivity contribution >= 4 is 5.78 Å². The van der Waals surface area contributed by atoms with Crippen molar-refractivity contribution in [1.29, 1.82) is 0 Å². The van der Waals surface area contributed by atoms with E-state index < -0.39 is 0 Å². The summed E-state index contributed by atoms with van der Waals surface area (Å²) in [6.45, 7) is 12.2. The van der Waals surface area contributed by atoms with Crippen LogP contribution in [0.2, 0.25) is 0 Å². The lowest BCUT2D eigenvalue weighted by molar-refractivity contribution is 0.103. The Morgan fingerprint density at radius 3 is 1.25 bits per heavy atom. The normalized spacial score (nSPS) is 10.7. The van der Waals surface area contributed by atoms with Crippen molar-refractivity contribution in [2.75, 3.05) is 0 Å². The van der Waals surface area contributed by atoms with Crippen LogP contribution in [0.3, 0.4) is 0 Å². The van der Waals surface area contributed by atoms with Crippen LogP contribution >= 0.6 is 0 Å². The summed E-state index contributed by atoms with van der Waals surface area (Å²) >= 11 is 0. The van der Waals surface area contributed by atoms with Gasteiger partial charge in [-0.3, -0.25) is 4.79 Å². The van der Waals surface area contributed by atoms with Crippen molar-refractivity contribution in [3.8, 4) is 0 Å². The zero-order chi connectivity index (χ0) is 15.0. The molecule has 0 aliphatic rings. The van der Waals surface area contributed by atoms with E-state index in [1.807, 2.05) is 39.8 Å². The van der Waals surface area contributed by atoms with Crippen LogP contribution in [-0.4, -0.2) is 5.78 Å². The van der Waals surface area contributed by atoms with Gasteiger partial charge in [0, 0.05) is 11.1 Å². The third kappa shape index (κ3) is 2.29. The Balaban J connectivity index is 2.71. The Morgan fingerprint density at radius 2 is 0.900 bits per heavy atom. The van der Waals surface area contributed by atoms with Crippen LogP contribution in [-0.2, 0) is 0 Å². The first-order chi connectivity index (χ1) is 9.34. The predicted molar refractivity (Wildman–Crippen MR) is 84.7 cm³/mol. The summed E-state index contributed by atoms with van der Waals surface area (Å²) in [7, 11) is 0. The maximum absolute atomic E-state index is 13.0. The fourth-order valence-corrected chi connectivity index (χ4v) is 2.73. The highest BCUT2D eigenvalue weighted by atomic mass is 16.1. The molecule has 0 amide bonds. The summed E-state index contributed by atoms with van der Waals surface area (Å²) < 4.78 is 0. The number of aryl methyl sites for hydroxylation is 4. The molecule has 0 atom stereocenters. The van der Waals surface area contributed by atoms with E-state index in [4.69, 9.17) is 0 Å². The van der Waals surface area contributed by atoms with Crippen molar-refractivity contribution in [2.24, 2.45) is 0 Å². The predicted octanol–water partition coefficient (Wildman–Crippen LogP) is 4.77. The number of benzene rings is 2. The molecule has 20 heavy (non-hydrogen) atoms. The second-order valence-corrected chi connectivity index (χ2v) is 5.73. The molecule has 2 rings (SSSR count). The van der Waals surface area contributed by atoms with Gasteiger partial charge < -0.3 is 0 Å². The summed E-state index contributed by atoms with van der Waals surface area (Å²) in [4.78, 5) is 13.0. The molecule has 2 aromatic carbocycles. The lowest BCUT2D eigenvalue weighted by Gasteiger charge is -2.16. The Kier molecular flexibility index (Phi) is 3.80. The Morgan fingerprint density at radius 1 is 0.600 bits per heavy atom. The van der Waals surface area contributed by atoms with Crippen molar-refractivity contribution in [2.45, 2.75) is 41.5 Å². The smallest absolute Gasteiger partial charge is 0.194 e. The van der Waals surface area contributed by atoms with Gasteiger partial charge in [0.05, 0.1) is 0 Å². The van der Waals surface area contributed by atoms with Crippen LogP contribution in [0.4, 0.5) is 0 Å². The van der Waals surface area contributed by atoms with E-state index in [2.05, 4.69) is 26.0 Å². The fraction of sp³-hybridized carbons (Fsp3) is 0.316. The lowest BCUT2D eigenvalue weighted by atomic mass is 9.87. The molecule has 0 heterocycles. The molecule has 0 unspecified atom stereocenters. The highest BCUT2D eigenvalue weighted by molar-refractivity contribution is 6.12. The van der Waals surface area contributed by atoms with Gasteiger partial charge in [0.2, 0.25) is 0 Å². The molecular weight excluding hydrogens is 244 g/mol. The van der Waals surface area contributed by atoms with Crippen LogP contribution in [0.5, 0.6) is 0 Å². The minimum absolute atomic E-state index is 0.155. The zero-order valence-electron chi connectivity index (χ0n) is 13.2. The maximum Gasteiger partial charge on any atom is 0.194 e. The Hall–Kier alpha value is -1.89. The third-order valence-corrected chi connectivity index (χ3v) is 4.34. The Labute approximate surface area is 121 Å². The number of carbonyl (C=O) groups is 1. The van der Waals surface area contributed by atoms with E-state index in [-0.39, 0.29) is 5.78 Å². The standard InChI is InChI=1S/C19H22O/c1-11-7-9-13(3)17(15(11)5)19(20)18-14(4)10-8-12(2)16(18)6/h7-10H,1-6H3. The molecule has 0 aromatic heterocycles. The van der Waals surface area contributed by atoms with E-state index in [9.17, 15) is 4.79 Å². The van der Waals surface area contributed by atoms with Gasteiger partial charge in [0.1, 0.15) is 0 Å². The number of rotatable bonds is 2. The van der Waals surface area contributed by atoms with Crippen molar-refractivity contribution in [1.82, 2.24) is 0 Å². The monoisotopic (exact) mass is 266 g/mol. The third-order valence-electron chi connectivity index (χ3n) is 4.34. The van der Waals surface area contributed by atoms with E-state index in [0.29, 0.717) is 0 Å². The summed E-state index contributed by atoms with van der Waals surface area (Å²) in [6.07, 6.45) is 0. The molecule has 2 aromatic rings. The van der Waals surface area contributed by atoms with Gasteiger partial charge in [-0.1, -0.05) is 24.3 Å². The molecule has 0 aliphatic carbocycles. The van der Waals surface area contributed by atoms with Crippen LogP contribution in [0.1, 0.15) is 49.3 Å². The van der Waals surface area contributed by atoms with Gasteiger partial charge in [-0.25, -0.2) is 0 Å². The maximum atomic E-state index is 13.0. The van der Waals surface area contributed by atoms with Crippen molar-refractivity contribution in [3.63, 3.8) is 0 Å². The van der Waals surface area contributed by atoms with Crippen LogP contribution in [0.25, 0.3) is 0 Å². The molecule has 0 spiro atoms. The number of ketones is 1. The van der Waals surface area contributed by atoms with Gasteiger partial charge in [-0.05, 0) is 74.9 Å². The first kappa shape index (κ1) is 14.5. The SMILES string of the molecule is Cc1ccc(C)c(C(=O)c2c(C)ccc(C)c2C)c1C. The molecule has 0 saturated carbocycles. The van der Waals surface area contributed by atoms with E-state index in [1.54, 1.807) is 0 Å². The average Bonchev–Trinajstić information content (AvgIpc) is 2.39. The molecule has 0 aliphatic heterocycles. The molecule has 0 N–H and O–H groups in total. The number of hydrogen-bond donors (Lipinski definition) is 0. The molecular formula is C19H22O. The van der Waals surface area contributed by atoms with E-state index in [0.717, 1.165) is 33.4 Å². The highest BCUT2D eigenvalue weighted by Gasteiger charge is 2.19. The summed E-state index contributed by atoms with van der Waals surface area (Å²) in [6, 6.07) is 8.24. The Bertz CT molecular complexity index is 634. The topological polar surface area (TPSA) is 17.1 Å². The molecule has 0 bridgehead atoms. The highest BCUT2D eigenvalue weighted by Crippen LogP contribution is 2.26. The van der Waals surface area contributed by atoms with Gasteiger partial charge in [0.25, 0.3) is 0 Å². The number of carbonyl (C=O) groups excluding carboxylic acids is 1. The second-order valence-electron chi connectivity index (χ2n) is 5.73. The first-order valence-electron chi connectivity index (χ1n) is 7.03. The first-order valence-corrected chi connectivity index (χ1v) is 7.03. The summed E-state index contributed by atoms with van der Waals surface area (Å²) in [5.41, 5.74) is 8.36. The molecule has 0 radical (unpaired) electrons. The van der Waals surface area contributed by atoms with E-state index >= 15 is 0 Å². The second kappa shape index (κ2) is 5.24. The summed E-state index contributed by atoms with van der Waals surface area (Å²) in [5.74, 6) is 0.155. The molecule has 0 saturated heterocycles. The number of hydrogen-bond acceptors (Lipinski definition) is 1. The van der Waals surface area contributed by atoms with E-state index in [1.165, 1.54) is 11.1 Å². The largest absolute Gasteiger partial charge is 0.289 e. The average molecular weight is 266 g/mol. The molecule has 1 nitrogen and oxygen atoms in total. The minimum atomic E-state index is 0.155. The fourth-order valence-electron chi connectivity index (χ4n) is 2.73. The van der Waals surface area contributed by atoms with Gasteiger partial charge in [0.15, 0.2) is 5.78 Å².